The predicted molar refractivity (Wildman–Crippen MR) is 110 cm³/mol. The Morgan fingerprint density at radius 3 is 2.30 bits per heavy atom. The second-order valence-electron chi connectivity index (χ2n) is 6.65. The zero-order chi connectivity index (χ0) is 18.5. The van der Waals surface area contributed by atoms with E-state index in [2.05, 4.69) is 22.4 Å². The summed E-state index contributed by atoms with van der Waals surface area (Å²) in [5.41, 5.74) is 3.96. The lowest BCUT2D eigenvalue weighted by atomic mass is 9.96. The van der Waals surface area contributed by atoms with E-state index < -0.39 is 0 Å². The molecule has 3 heteroatoms. The van der Waals surface area contributed by atoms with Gasteiger partial charge in [0.1, 0.15) is 0 Å². The number of aromatic amines is 1. The molecule has 0 saturated heterocycles. The van der Waals surface area contributed by atoms with Gasteiger partial charge < -0.3 is 10.3 Å². The monoisotopic (exact) mass is 354 g/mol. The first-order chi connectivity index (χ1) is 13.3. The average Bonchev–Trinajstić information content (AvgIpc) is 3.16. The van der Waals surface area contributed by atoms with E-state index in [1.54, 1.807) is 0 Å². The highest BCUT2D eigenvalue weighted by Gasteiger charge is 2.23. The predicted octanol–water partition coefficient (Wildman–Crippen LogP) is 4.92. The van der Waals surface area contributed by atoms with Gasteiger partial charge in [-0.1, -0.05) is 78.9 Å². The van der Waals surface area contributed by atoms with E-state index in [9.17, 15) is 4.79 Å². The Morgan fingerprint density at radius 1 is 0.852 bits per heavy atom. The summed E-state index contributed by atoms with van der Waals surface area (Å²) in [7, 11) is 0. The minimum atomic E-state index is -0.367. The maximum atomic E-state index is 13.4. The van der Waals surface area contributed by atoms with Crippen LogP contribution in [0.4, 0.5) is 0 Å². The van der Waals surface area contributed by atoms with E-state index in [1.165, 1.54) is 5.56 Å². The standard InChI is InChI=1S/C24H22N2O/c27-24(21-17-26-22-14-8-7-13-20(21)22)23(19-11-5-2-6-12-19)25-16-15-18-9-3-1-4-10-18/h1-14,17,23,25-26H,15-16H2. The molecule has 4 aromatic rings. The summed E-state index contributed by atoms with van der Waals surface area (Å²) in [6, 6.07) is 27.8. The van der Waals surface area contributed by atoms with Crippen molar-refractivity contribution in [2.75, 3.05) is 6.54 Å². The van der Waals surface area contributed by atoms with E-state index in [0.717, 1.165) is 35.0 Å². The number of hydrogen-bond acceptors (Lipinski definition) is 2. The number of para-hydroxylation sites is 1. The minimum absolute atomic E-state index is 0.0895. The highest BCUT2D eigenvalue weighted by atomic mass is 16.1. The van der Waals surface area contributed by atoms with Crippen molar-refractivity contribution in [1.82, 2.24) is 10.3 Å². The molecule has 27 heavy (non-hydrogen) atoms. The largest absolute Gasteiger partial charge is 0.360 e. The number of ketones is 1. The minimum Gasteiger partial charge on any atom is -0.360 e. The topological polar surface area (TPSA) is 44.9 Å². The average molecular weight is 354 g/mol. The van der Waals surface area contributed by atoms with Gasteiger partial charge >= 0.3 is 0 Å². The molecule has 4 rings (SSSR count). The van der Waals surface area contributed by atoms with Crippen molar-refractivity contribution in [3.05, 3.63) is 108 Å². The normalized spacial score (nSPS) is 12.1. The van der Waals surface area contributed by atoms with Crippen LogP contribution in [0.2, 0.25) is 0 Å². The molecule has 1 unspecified atom stereocenters. The smallest absolute Gasteiger partial charge is 0.186 e. The van der Waals surface area contributed by atoms with Gasteiger partial charge in [-0.3, -0.25) is 4.79 Å². The number of nitrogens with one attached hydrogen (secondary N) is 2. The molecule has 134 valence electrons. The van der Waals surface area contributed by atoms with Gasteiger partial charge in [0.15, 0.2) is 5.78 Å². The summed E-state index contributed by atoms with van der Waals surface area (Å²) >= 11 is 0. The third-order valence-corrected chi connectivity index (χ3v) is 4.85. The highest BCUT2D eigenvalue weighted by molar-refractivity contribution is 6.10. The Bertz CT molecular complexity index is 1020. The van der Waals surface area contributed by atoms with Crippen LogP contribution in [0.1, 0.15) is 27.5 Å². The van der Waals surface area contributed by atoms with Crippen molar-refractivity contribution < 1.29 is 4.79 Å². The number of carbonyl (C=O) groups excluding carboxylic acids is 1. The van der Waals surface area contributed by atoms with E-state index in [0.29, 0.717) is 0 Å². The van der Waals surface area contributed by atoms with Crippen molar-refractivity contribution in [1.29, 1.82) is 0 Å². The molecule has 0 aliphatic rings. The molecule has 0 radical (unpaired) electrons. The molecule has 3 aromatic carbocycles. The summed E-state index contributed by atoms with van der Waals surface area (Å²) < 4.78 is 0. The number of H-pyrrole nitrogens is 1. The summed E-state index contributed by atoms with van der Waals surface area (Å²) in [4.78, 5) is 16.6. The molecule has 0 amide bonds. The molecule has 0 spiro atoms. The molecule has 1 heterocycles. The molecule has 3 nitrogen and oxygen atoms in total. The maximum Gasteiger partial charge on any atom is 0.186 e. The Morgan fingerprint density at radius 2 is 1.52 bits per heavy atom. The van der Waals surface area contributed by atoms with Gasteiger partial charge in [0.05, 0.1) is 6.04 Å². The van der Waals surface area contributed by atoms with E-state index >= 15 is 0 Å². The highest BCUT2D eigenvalue weighted by Crippen LogP contribution is 2.24. The van der Waals surface area contributed by atoms with Crippen molar-refractivity contribution in [2.24, 2.45) is 0 Å². The summed E-state index contributed by atoms with van der Waals surface area (Å²) in [5, 5.41) is 4.44. The van der Waals surface area contributed by atoms with Crippen LogP contribution in [0.15, 0.2) is 91.1 Å². The number of benzene rings is 3. The number of rotatable bonds is 7. The first-order valence-corrected chi connectivity index (χ1v) is 9.25. The van der Waals surface area contributed by atoms with Crippen LogP contribution in [0, 0.1) is 0 Å². The first-order valence-electron chi connectivity index (χ1n) is 9.25. The molecule has 2 N–H and O–H groups in total. The van der Waals surface area contributed by atoms with Gasteiger partial charge in [0.25, 0.3) is 0 Å². The molecule has 0 bridgehead atoms. The van der Waals surface area contributed by atoms with Crippen molar-refractivity contribution >= 4 is 16.7 Å². The third kappa shape index (κ3) is 3.83. The van der Waals surface area contributed by atoms with Crippen molar-refractivity contribution in [3.8, 4) is 0 Å². The fourth-order valence-corrected chi connectivity index (χ4v) is 3.44. The number of carbonyl (C=O) groups is 1. The van der Waals surface area contributed by atoms with Crippen LogP contribution >= 0.6 is 0 Å². The zero-order valence-corrected chi connectivity index (χ0v) is 15.1. The molecule has 1 atom stereocenters. The quantitative estimate of drug-likeness (QED) is 0.463. The van der Waals surface area contributed by atoms with Gasteiger partial charge in [0, 0.05) is 29.2 Å². The Kier molecular flexibility index (Phi) is 5.13. The second kappa shape index (κ2) is 8.02. The van der Waals surface area contributed by atoms with E-state index in [4.69, 9.17) is 0 Å². The van der Waals surface area contributed by atoms with Crippen molar-refractivity contribution in [3.63, 3.8) is 0 Å². The summed E-state index contributed by atoms with van der Waals surface area (Å²) in [5.74, 6) is 0.0895. The van der Waals surface area contributed by atoms with Crippen LogP contribution in [-0.4, -0.2) is 17.3 Å². The van der Waals surface area contributed by atoms with Crippen LogP contribution < -0.4 is 5.32 Å². The Labute approximate surface area is 159 Å². The van der Waals surface area contributed by atoms with Crippen LogP contribution in [0.3, 0.4) is 0 Å². The summed E-state index contributed by atoms with van der Waals surface area (Å²) in [6.45, 7) is 0.734. The Hall–Kier alpha value is -3.17. The maximum absolute atomic E-state index is 13.4. The second-order valence-corrected chi connectivity index (χ2v) is 6.65. The number of Topliss-reactive ketones (excluding diaryl/α,β-unsaturated/α-hetero) is 1. The molecule has 0 fully saturated rings. The Balaban J connectivity index is 1.59. The van der Waals surface area contributed by atoms with Gasteiger partial charge in [-0.25, -0.2) is 0 Å². The van der Waals surface area contributed by atoms with Crippen LogP contribution in [-0.2, 0) is 6.42 Å². The van der Waals surface area contributed by atoms with Gasteiger partial charge in [-0.2, -0.15) is 0 Å². The van der Waals surface area contributed by atoms with Crippen LogP contribution in [0.25, 0.3) is 10.9 Å². The molecular formula is C24H22N2O. The van der Waals surface area contributed by atoms with Crippen LogP contribution in [0.5, 0.6) is 0 Å². The lowest BCUT2D eigenvalue weighted by molar-refractivity contribution is 0.0945. The third-order valence-electron chi connectivity index (χ3n) is 4.85. The fraction of sp³-hybridized carbons (Fsp3) is 0.125. The number of aromatic nitrogens is 1. The van der Waals surface area contributed by atoms with Crippen molar-refractivity contribution in [2.45, 2.75) is 12.5 Å². The summed E-state index contributed by atoms with van der Waals surface area (Å²) in [6.07, 6.45) is 2.70. The zero-order valence-electron chi connectivity index (χ0n) is 15.1. The van der Waals surface area contributed by atoms with Gasteiger partial charge in [-0.15, -0.1) is 0 Å². The molecule has 0 saturated carbocycles. The van der Waals surface area contributed by atoms with Gasteiger partial charge in [-0.05, 0) is 23.6 Å². The molecule has 0 aliphatic carbocycles. The molecular weight excluding hydrogens is 332 g/mol. The SMILES string of the molecule is O=C(c1c[nH]c2ccccc12)C(NCCc1ccccc1)c1ccccc1. The molecule has 1 aromatic heterocycles. The first kappa shape index (κ1) is 17.3. The lowest BCUT2D eigenvalue weighted by Crippen LogP contribution is -2.30. The molecule has 0 aliphatic heterocycles. The van der Waals surface area contributed by atoms with Gasteiger partial charge in [0.2, 0.25) is 0 Å². The number of hydrogen-bond donors (Lipinski definition) is 2. The fourth-order valence-electron chi connectivity index (χ4n) is 3.44. The van der Waals surface area contributed by atoms with E-state index in [-0.39, 0.29) is 11.8 Å². The lowest BCUT2D eigenvalue weighted by Gasteiger charge is -2.18. The number of fused-ring (bicyclic) bond motifs is 1. The van der Waals surface area contributed by atoms with E-state index in [1.807, 2.05) is 79.0 Å².